The van der Waals surface area contributed by atoms with Crippen LogP contribution < -0.4 is 0 Å². The molecule has 1 atom stereocenters. The highest BCUT2D eigenvalue weighted by molar-refractivity contribution is 5.94. The molecule has 3 heterocycles. The van der Waals surface area contributed by atoms with Crippen LogP contribution >= 0.6 is 0 Å². The van der Waals surface area contributed by atoms with E-state index in [1.54, 1.807) is 26.8 Å². The van der Waals surface area contributed by atoms with E-state index in [2.05, 4.69) is 5.16 Å². The topological polar surface area (TPSA) is 87.0 Å². The summed E-state index contributed by atoms with van der Waals surface area (Å²) in [7, 11) is 0. The number of rotatable bonds is 3. The van der Waals surface area contributed by atoms with Gasteiger partial charge in [-0.3, -0.25) is 14.4 Å². The summed E-state index contributed by atoms with van der Waals surface area (Å²) < 4.78 is 18.9. The molecule has 2 fully saturated rings. The Hall–Kier alpha value is -3.23. The van der Waals surface area contributed by atoms with Crippen LogP contribution in [0.3, 0.4) is 0 Å². The standard InChI is InChI=1S/C23H27FN4O4/c1-16(29)26-9-4-10-27(12-11-26)23(31)21-14-20(25-32-21)18-6-3-8-28(15-18)22(30)17-5-2-7-19(24)13-17/h2,5,7,13-14,18H,3-4,6,8-12,15H2,1H3. The molecule has 0 bridgehead atoms. The Labute approximate surface area is 185 Å². The van der Waals surface area contributed by atoms with Gasteiger partial charge in [0.05, 0.1) is 5.69 Å². The van der Waals surface area contributed by atoms with Gasteiger partial charge < -0.3 is 19.2 Å². The monoisotopic (exact) mass is 442 g/mol. The third-order valence-electron chi connectivity index (χ3n) is 6.17. The number of carbonyl (C=O) groups is 3. The highest BCUT2D eigenvalue weighted by Crippen LogP contribution is 2.28. The molecule has 2 aliphatic rings. The lowest BCUT2D eigenvalue weighted by atomic mass is 9.94. The summed E-state index contributed by atoms with van der Waals surface area (Å²) in [5.41, 5.74) is 0.965. The Kier molecular flexibility index (Phi) is 6.53. The second-order valence-electron chi connectivity index (χ2n) is 8.37. The van der Waals surface area contributed by atoms with Gasteiger partial charge in [-0.25, -0.2) is 4.39 Å². The molecule has 8 nitrogen and oxygen atoms in total. The van der Waals surface area contributed by atoms with E-state index < -0.39 is 5.82 Å². The number of amides is 3. The van der Waals surface area contributed by atoms with Crippen molar-refractivity contribution in [3.05, 3.63) is 53.2 Å². The second kappa shape index (κ2) is 9.50. The summed E-state index contributed by atoms with van der Waals surface area (Å²) in [4.78, 5) is 42.4. The van der Waals surface area contributed by atoms with Gasteiger partial charge in [-0.05, 0) is 37.5 Å². The minimum Gasteiger partial charge on any atom is -0.351 e. The van der Waals surface area contributed by atoms with Crippen molar-refractivity contribution in [3.8, 4) is 0 Å². The smallest absolute Gasteiger partial charge is 0.292 e. The SMILES string of the molecule is CC(=O)N1CCCN(C(=O)c2cc(C3CCCN(C(=O)c4cccc(F)c4)C3)no2)CC1. The van der Waals surface area contributed by atoms with E-state index in [0.29, 0.717) is 56.9 Å². The van der Waals surface area contributed by atoms with Crippen LogP contribution in [-0.4, -0.2) is 76.8 Å². The van der Waals surface area contributed by atoms with Gasteiger partial charge in [0.15, 0.2) is 0 Å². The van der Waals surface area contributed by atoms with Crippen molar-refractivity contribution >= 4 is 17.7 Å². The molecule has 0 N–H and O–H groups in total. The van der Waals surface area contributed by atoms with Crippen molar-refractivity contribution in [2.24, 2.45) is 0 Å². The Morgan fingerprint density at radius 2 is 1.72 bits per heavy atom. The van der Waals surface area contributed by atoms with Crippen molar-refractivity contribution < 1.29 is 23.3 Å². The first-order valence-electron chi connectivity index (χ1n) is 11.0. The fraction of sp³-hybridized carbons (Fsp3) is 0.478. The zero-order chi connectivity index (χ0) is 22.7. The largest absolute Gasteiger partial charge is 0.351 e. The summed E-state index contributed by atoms with van der Waals surface area (Å²) in [6, 6.07) is 7.35. The van der Waals surface area contributed by atoms with E-state index in [0.717, 1.165) is 12.8 Å². The molecule has 9 heteroatoms. The summed E-state index contributed by atoms with van der Waals surface area (Å²) in [5, 5.41) is 4.12. The molecule has 1 aromatic carbocycles. The Morgan fingerprint density at radius 3 is 2.50 bits per heavy atom. The lowest BCUT2D eigenvalue weighted by Crippen LogP contribution is -2.39. The van der Waals surface area contributed by atoms with Gasteiger partial charge in [0, 0.05) is 63.7 Å². The van der Waals surface area contributed by atoms with Crippen LogP contribution in [0.2, 0.25) is 0 Å². The van der Waals surface area contributed by atoms with Gasteiger partial charge >= 0.3 is 0 Å². The molecule has 1 aromatic heterocycles. The number of hydrogen-bond donors (Lipinski definition) is 0. The highest BCUT2D eigenvalue weighted by Gasteiger charge is 2.30. The summed E-state index contributed by atoms with van der Waals surface area (Å²) in [6.07, 6.45) is 2.32. The van der Waals surface area contributed by atoms with Crippen molar-refractivity contribution in [1.82, 2.24) is 19.9 Å². The summed E-state index contributed by atoms with van der Waals surface area (Å²) in [6.45, 7) is 4.71. The molecule has 1 unspecified atom stereocenters. The predicted octanol–water partition coefficient (Wildman–Crippen LogP) is 2.53. The molecule has 170 valence electrons. The second-order valence-corrected chi connectivity index (χ2v) is 8.37. The van der Waals surface area contributed by atoms with Crippen LogP contribution in [0.5, 0.6) is 0 Å². The van der Waals surface area contributed by atoms with E-state index in [4.69, 9.17) is 4.52 Å². The van der Waals surface area contributed by atoms with Gasteiger partial charge in [0.1, 0.15) is 5.82 Å². The fourth-order valence-electron chi connectivity index (χ4n) is 4.38. The molecule has 0 saturated carbocycles. The first kappa shape index (κ1) is 22.0. The minimum absolute atomic E-state index is 0.0101. The van der Waals surface area contributed by atoms with Gasteiger partial charge in [-0.15, -0.1) is 0 Å². The van der Waals surface area contributed by atoms with Gasteiger partial charge in [0.25, 0.3) is 11.8 Å². The molecule has 0 aliphatic carbocycles. The molecule has 0 radical (unpaired) electrons. The maximum atomic E-state index is 13.5. The Morgan fingerprint density at radius 1 is 0.969 bits per heavy atom. The molecule has 3 amide bonds. The van der Waals surface area contributed by atoms with Crippen molar-refractivity contribution in [3.63, 3.8) is 0 Å². The number of piperidine rings is 1. The van der Waals surface area contributed by atoms with E-state index >= 15 is 0 Å². The number of likely N-dealkylation sites (tertiary alicyclic amines) is 1. The van der Waals surface area contributed by atoms with E-state index in [1.807, 2.05) is 0 Å². The van der Waals surface area contributed by atoms with Crippen molar-refractivity contribution in [2.75, 3.05) is 39.3 Å². The maximum absolute atomic E-state index is 13.5. The molecule has 2 saturated heterocycles. The zero-order valence-corrected chi connectivity index (χ0v) is 18.1. The molecule has 0 spiro atoms. The fourth-order valence-corrected chi connectivity index (χ4v) is 4.38. The van der Waals surface area contributed by atoms with E-state index in [-0.39, 0.29) is 29.4 Å². The van der Waals surface area contributed by atoms with Crippen molar-refractivity contribution in [1.29, 1.82) is 0 Å². The average Bonchev–Trinajstić information content (AvgIpc) is 3.16. The first-order valence-corrected chi connectivity index (χ1v) is 11.0. The third-order valence-corrected chi connectivity index (χ3v) is 6.17. The molecule has 32 heavy (non-hydrogen) atoms. The lowest BCUT2D eigenvalue weighted by Gasteiger charge is -2.31. The van der Waals surface area contributed by atoms with Gasteiger partial charge in [-0.1, -0.05) is 11.2 Å². The average molecular weight is 442 g/mol. The van der Waals surface area contributed by atoms with Crippen LogP contribution in [-0.2, 0) is 4.79 Å². The van der Waals surface area contributed by atoms with Crippen LogP contribution in [0, 0.1) is 5.82 Å². The van der Waals surface area contributed by atoms with E-state index in [9.17, 15) is 18.8 Å². The predicted molar refractivity (Wildman–Crippen MR) is 114 cm³/mol. The maximum Gasteiger partial charge on any atom is 0.292 e. The Bertz CT molecular complexity index is 1010. The highest BCUT2D eigenvalue weighted by atomic mass is 19.1. The lowest BCUT2D eigenvalue weighted by molar-refractivity contribution is -0.128. The molecule has 2 aromatic rings. The first-order chi connectivity index (χ1) is 15.4. The van der Waals surface area contributed by atoms with Gasteiger partial charge in [-0.2, -0.15) is 0 Å². The number of hydrogen-bond acceptors (Lipinski definition) is 5. The number of benzene rings is 1. The zero-order valence-electron chi connectivity index (χ0n) is 18.1. The number of aromatic nitrogens is 1. The number of nitrogens with zero attached hydrogens (tertiary/aromatic N) is 4. The van der Waals surface area contributed by atoms with Gasteiger partial charge in [0.2, 0.25) is 11.7 Å². The number of halogens is 1. The number of carbonyl (C=O) groups excluding carboxylic acids is 3. The quantitative estimate of drug-likeness (QED) is 0.729. The molecular weight excluding hydrogens is 415 g/mol. The van der Waals surface area contributed by atoms with Crippen LogP contribution in [0.25, 0.3) is 0 Å². The molecule has 4 rings (SSSR count). The summed E-state index contributed by atoms with van der Waals surface area (Å²) >= 11 is 0. The van der Waals surface area contributed by atoms with E-state index in [1.165, 1.54) is 25.1 Å². The molecule has 2 aliphatic heterocycles. The van der Waals surface area contributed by atoms with Crippen LogP contribution in [0.1, 0.15) is 58.7 Å². The Balaban J connectivity index is 1.41. The summed E-state index contributed by atoms with van der Waals surface area (Å²) in [5.74, 6) is -0.764. The molecular formula is C23H27FN4O4. The van der Waals surface area contributed by atoms with Crippen LogP contribution in [0.4, 0.5) is 4.39 Å². The van der Waals surface area contributed by atoms with Crippen molar-refractivity contribution in [2.45, 2.75) is 32.1 Å². The normalized spacial score (nSPS) is 19.6. The third kappa shape index (κ3) is 4.81. The minimum atomic E-state index is -0.441. The van der Waals surface area contributed by atoms with Crippen LogP contribution in [0.15, 0.2) is 34.9 Å².